The van der Waals surface area contributed by atoms with E-state index in [1.54, 1.807) is 0 Å². The summed E-state index contributed by atoms with van der Waals surface area (Å²) >= 11 is 0. The lowest BCUT2D eigenvalue weighted by molar-refractivity contribution is 0.117. The highest BCUT2D eigenvalue weighted by atomic mass is 16.3. The zero-order valence-corrected chi connectivity index (χ0v) is 8.30. The van der Waals surface area contributed by atoms with Crippen molar-refractivity contribution in [3.05, 3.63) is 0 Å². The van der Waals surface area contributed by atoms with Gasteiger partial charge >= 0.3 is 0 Å². The topological polar surface area (TPSA) is 23.5 Å². The van der Waals surface area contributed by atoms with Crippen LogP contribution >= 0.6 is 0 Å². The highest BCUT2D eigenvalue weighted by Gasteiger charge is 2.55. The molecule has 0 bridgehead atoms. The van der Waals surface area contributed by atoms with E-state index in [9.17, 15) is 5.11 Å². The van der Waals surface area contributed by atoms with Gasteiger partial charge in [-0.15, -0.1) is 0 Å². The average molecular weight is 169 g/mol. The van der Waals surface area contributed by atoms with Gasteiger partial charge in [0, 0.05) is 24.0 Å². The Bertz CT molecular complexity index is 191. The summed E-state index contributed by atoms with van der Waals surface area (Å²) in [5.74, 6) is 0. The summed E-state index contributed by atoms with van der Waals surface area (Å²) in [4.78, 5) is 2.41. The van der Waals surface area contributed by atoms with Crippen LogP contribution in [-0.2, 0) is 0 Å². The van der Waals surface area contributed by atoms with Crippen LogP contribution in [0.25, 0.3) is 0 Å². The van der Waals surface area contributed by atoms with Crippen LogP contribution in [0, 0.1) is 5.41 Å². The summed E-state index contributed by atoms with van der Waals surface area (Å²) in [6.45, 7) is 8.66. The van der Waals surface area contributed by atoms with Gasteiger partial charge < -0.3 is 5.11 Å². The fourth-order valence-corrected chi connectivity index (χ4v) is 2.12. The Labute approximate surface area is 74.6 Å². The van der Waals surface area contributed by atoms with Crippen LogP contribution in [0.2, 0.25) is 0 Å². The maximum Gasteiger partial charge on any atom is 0.0735 e. The molecule has 0 aromatic heterocycles. The molecule has 0 amide bonds. The lowest BCUT2D eigenvalue weighted by Crippen LogP contribution is -2.40. The standard InChI is InChI=1S/C10H19NO/c1-9(2,3)11-6-8(12)10(7-11)4-5-10/h8,12H,4-7H2,1-3H3/t8-/m1/s1. The second kappa shape index (κ2) is 2.24. The van der Waals surface area contributed by atoms with Crippen LogP contribution in [0.1, 0.15) is 33.6 Å². The molecule has 0 aromatic carbocycles. The molecule has 1 spiro atoms. The normalized spacial score (nSPS) is 34.5. The molecular formula is C10H19NO. The van der Waals surface area contributed by atoms with Gasteiger partial charge in [-0.05, 0) is 33.6 Å². The maximum atomic E-state index is 9.81. The summed E-state index contributed by atoms with van der Waals surface area (Å²) < 4.78 is 0. The Morgan fingerprint density at radius 3 is 2.17 bits per heavy atom. The number of β-amino-alcohol motifs (C(OH)–C–C–N with tert-alkyl or cyclic N) is 1. The van der Waals surface area contributed by atoms with E-state index in [0.717, 1.165) is 13.1 Å². The first-order valence-electron chi connectivity index (χ1n) is 4.87. The molecule has 1 aliphatic carbocycles. The number of nitrogens with zero attached hydrogens (tertiary/aromatic N) is 1. The van der Waals surface area contributed by atoms with Gasteiger partial charge in [0.25, 0.3) is 0 Å². The van der Waals surface area contributed by atoms with E-state index < -0.39 is 0 Å². The molecule has 2 rings (SSSR count). The van der Waals surface area contributed by atoms with Crippen molar-refractivity contribution < 1.29 is 5.11 Å². The maximum absolute atomic E-state index is 9.81. The third kappa shape index (κ3) is 1.17. The largest absolute Gasteiger partial charge is 0.391 e. The van der Waals surface area contributed by atoms with Gasteiger partial charge in [-0.2, -0.15) is 0 Å². The van der Waals surface area contributed by atoms with Gasteiger partial charge in [0.05, 0.1) is 6.10 Å². The smallest absolute Gasteiger partial charge is 0.0735 e. The zero-order chi connectivity index (χ0) is 8.98. The Morgan fingerprint density at radius 1 is 1.33 bits per heavy atom. The number of likely N-dealkylation sites (tertiary alicyclic amines) is 1. The summed E-state index contributed by atoms with van der Waals surface area (Å²) in [6.07, 6.45) is 2.42. The molecule has 1 atom stereocenters. The summed E-state index contributed by atoms with van der Waals surface area (Å²) in [6, 6.07) is 0. The number of aliphatic hydroxyl groups excluding tert-OH is 1. The predicted octanol–water partition coefficient (Wildman–Crippen LogP) is 1.24. The minimum absolute atomic E-state index is 0.0586. The Balaban J connectivity index is 2.06. The number of hydrogen-bond donors (Lipinski definition) is 1. The van der Waals surface area contributed by atoms with E-state index in [1.165, 1.54) is 12.8 Å². The lowest BCUT2D eigenvalue weighted by Gasteiger charge is -2.31. The molecule has 0 radical (unpaired) electrons. The minimum Gasteiger partial charge on any atom is -0.391 e. The van der Waals surface area contributed by atoms with Crippen molar-refractivity contribution >= 4 is 0 Å². The molecule has 0 unspecified atom stereocenters. The van der Waals surface area contributed by atoms with Crippen molar-refractivity contribution in [3.8, 4) is 0 Å². The van der Waals surface area contributed by atoms with Crippen LogP contribution in [0.15, 0.2) is 0 Å². The van der Waals surface area contributed by atoms with Gasteiger partial charge in [0.2, 0.25) is 0 Å². The first-order valence-corrected chi connectivity index (χ1v) is 4.87. The monoisotopic (exact) mass is 169 g/mol. The van der Waals surface area contributed by atoms with Crippen molar-refractivity contribution in [1.82, 2.24) is 4.90 Å². The fraction of sp³-hybridized carbons (Fsp3) is 1.00. The Kier molecular flexibility index (Phi) is 1.59. The molecule has 1 aliphatic heterocycles. The minimum atomic E-state index is -0.0586. The van der Waals surface area contributed by atoms with Gasteiger partial charge in [0.15, 0.2) is 0 Å². The molecule has 1 N–H and O–H groups in total. The molecule has 2 nitrogen and oxygen atoms in total. The highest BCUT2D eigenvalue weighted by molar-refractivity contribution is 5.08. The molecule has 0 aromatic rings. The van der Waals surface area contributed by atoms with Crippen LogP contribution in [0.4, 0.5) is 0 Å². The highest BCUT2D eigenvalue weighted by Crippen LogP contribution is 2.53. The van der Waals surface area contributed by atoms with Crippen LogP contribution < -0.4 is 0 Å². The second-order valence-electron chi connectivity index (χ2n) is 5.43. The average Bonchev–Trinajstić information content (AvgIpc) is 2.57. The van der Waals surface area contributed by atoms with Crippen molar-refractivity contribution in [2.75, 3.05) is 13.1 Å². The summed E-state index contributed by atoms with van der Waals surface area (Å²) in [5.41, 5.74) is 0.542. The molecule has 2 fully saturated rings. The fourth-order valence-electron chi connectivity index (χ4n) is 2.12. The van der Waals surface area contributed by atoms with Gasteiger partial charge in [-0.25, -0.2) is 0 Å². The molecule has 2 aliphatic rings. The predicted molar refractivity (Wildman–Crippen MR) is 49.0 cm³/mol. The summed E-state index contributed by atoms with van der Waals surface area (Å²) in [7, 11) is 0. The van der Waals surface area contributed by atoms with E-state index in [0.29, 0.717) is 5.41 Å². The van der Waals surface area contributed by atoms with E-state index in [-0.39, 0.29) is 11.6 Å². The Hall–Kier alpha value is -0.0800. The molecule has 1 saturated carbocycles. The van der Waals surface area contributed by atoms with E-state index in [1.807, 2.05) is 0 Å². The molecule has 2 heteroatoms. The first kappa shape index (κ1) is 8.52. The van der Waals surface area contributed by atoms with Gasteiger partial charge in [-0.3, -0.25) is 4.90 Å². The zero-order valence-electron chi connectivity index (χ0n) is 8.30. The lowest BCUT2D eigenvalue weighted by atomic mass is 10.0. The molecule has 12 heavy (non-hydrogen) atoms. The van der Waals surface area contributed by atoms with E-state index in [4.69, 9.17) is 0 Å². The van der Waals surface area contributed by atoms with Crippen molar-refractivity contribution in [2.24, 2.45) is 5.41 Å². The van der Waals surface area contributed by atoms with E-state index >= 15 is 0 Å². The van der Waals surface area contributed by atoms with Gasteiger partial charge in [-0.1, -0.05) is 0 Å². The van der Waals surface area contributed by atoms with Crippen molar-refractivity contribution in [2.45, 2.75) is 45.3 Å². The number of rotatable bonds is 0. The van der Waals surface area contributed by atoms with Crippen molar-refractivity contribution in [3.63, 3.8) is 0 Å². The van der Waals surface area contributed by atoms with E-state index in [2.05, 4.69) is 25.7 Å². The molecular weight excluding hydrogens is 150 g/mol. The molecule has 1 saturated heterocycles. The van der Waals surface area contributed by atoms with Gasteiger partial charge in [0.1, 0.15) is 0 Å². The quantitative estimate of drug-likeness (QED) is 0.590. The van der Waals surface area contributed by atoms with Crippen LogP contribution in [-0.4, -0.2) is 34.7 Å². The third-order valence-electron chi connectivity index (χ3n) is 3.45. The molecule has 1 heterocycles. The third-order valence-corrected chi connectivity index (χ3v) is 3.45. The number of aliphatic hydroxyl groups is 1. The number of hydrogen-bond acceptors (Lipinski definition) is 2. The summed E-state index contributed by atoms with van der Waals surface area (Å²) in [5, 5.41) is 9.81. The second-order valence-corrected chi connectivity index (χ2v) is 5.43. The Morgan fingerprint density at radius 2 is 1.92 bits per heavy atom. The van der Waals surface area contributed by atoms with Crippen LogP contribution in [0.5, 0.6) is 0 Å². The first-order chi connectivity index (χ1) is 5.44. The molecule has 70 valence electrons. The SMILES string of the molecule is CC(C)(C)N1C[C@@H](O)C2(CC2)C1. The van der Waals surface area contributed by atoms with Crippen LogP contribution in [0.3, 0.4) is 0 Å². The van der Waals surface area contributed by atoms with Crippen molar-refractivity contribution in [1.29, 1.82) is 0 Å².